The Balaban J connectivity index is 2.09. The highest BCUT2D eigenvalue weighted by Gasteiger charge is 2.29. The molecule has 18 heavy (non-hydrogen) atoms. The minimum absolute atomic E-state index is 0.0210. The molecule has 1 aliphatic rings. The Morgan fingerprint density at radius 1 is 1.39 bits per heavy atom. The summed E-state index contributed by atoms with van der Waals surface area (Å²) in [5.74, 6) is 0.696. The van der Waals surface area contributed by atoms with Gasteiger partial charge in [-0.05, 0) is 49.8 Å². The quantitative estimate of drug-likeness (QED) is 0.893. The summed E-state index contributed by atoms with van der Waals surface area (Å²) >= 11 is 0. The third kappa shape index (κ3) is 3.02. The normalized spacial score (nSPS) is 28.1. The molecule has 3 atom stereocenters. The average Bonchev–Trinajstić information content (AvgIpc) is 2.36. The van der Waals surface area contributed by atoms with E-state index >= 15 is 0 Å². The van der Waals surface area contributed by atoms with Crippen molar-refractivity contribution in [3.05, 3.63) is 29.6 Å². The molecule has 3 heteroatoms. The number of hydrogen-bond donors (Lipinski definition) is 1. The number of aryl methyl sites for hydroxylation is 1. The first-order valence-corrected chi connectivity index (χ1v) is 6.78. The number of benzene rings is 1. The predicted molar refractivity (Wildman–Crippen MR) is 71.2 cm³/mol. The molecule has 2 rings (SSSR count). The summed E-state index contributed by atoms with van der Waals surface area (Å²) in [5, 5.41) is 0. The zero-order valence-electron chi connectivity index (χ0n) is 11.2. The molecule has 0 bridgehead atoms. The van der Waals surface area contributed by atoms with Gasteiger partial charge < -0.3 is 10.5 Å². The number of nitrogens with two attached hydrogens (primary N) is 1. The summed E-state index contributed by atoms with van der Waals surface area (Å²) in [6, 6.07) is 4.97. The summed E-state index contributed by atoms with van der Waals surface area (Å²) in [5.41, 5.74) is 7.09. The van der Waals surface area contributed by atoms with Crippen LogP contribution in [0.2, 0.25) is 0 Å². The van der Waals surface area contributed by atoms with Crippen molar-refractivity contribution < 1.29 is 9.13 Å². The first-order chi connectivity index (χ1) is 8.60. The van der Waals surface area contributed by atoms with Gasteiger partial charge in [0, 0.05) is 6.04 Å². The molecule has 0 amide bonds. The van der Waals surface area contributed by atoms with Crippen LogP contribution in [-0.4, -0.2) is 12.1 Å². The highest BCUT2D eigenvalue weighted by Crippen LogP contribution is 2.30. The smallest absolute Gasteiger partial charge is 0.165 e. The second kappa shape index (κ2) is 5.70. The van der Waals surface area contributed by atoms with Crippen molar-refractivity contribution in [2.75, 3.05) is 0 Å². The molecule has 1 saturated carbocycles. The second-order valence-corrected chi connectivity index (χ2v) is 5.34. The van der Waals surface area contributed by atoms with Gasteiger partial charge in [-0.15, -0.1) is 0 Å². The lowest BCUT2D eigenvalue weighted by Crippen LogP contribution is -2.43. The number of ether oxygens (including phenoxy) is 1. The average molecular weight is 251 g/mol. The molecular formula is C15H22FNO. The Morgan fingerprint density at radius 3 is 2.89 bits per heavy atom. The highest BCUT2D eigenvalue weighted by atomic mass is 19.1. The molecule has 2 nitrogen and oxygen atoms in total. The van der Waals surface area contributed by atoms with E-state index in [1.54, 1.807) is 12.1 Å². The van der Waals surface area contributed by atoms with Crippen molar-refractivity contribution in [1.29, 1.82) is 0 Å². The van der Waals surface area contributed by atoms with Gasteiger partial charge in [0.15, 0.2) is 11.6 Å². The van der Waals surface area contributed by atoms with E-state index in [0.29, 0.717) is 11.7 Å². The fraction of sp³-hybridized carbons (Fsp3) is 0.600. The molecule has 0 aromatic heterocycles. The number of halogens is 1. The van der Waals surface area contributed by atoms with Crippen LogP contribution < -0.4 is 10.5 Å². The van der Waals surface area contributed by atoms with Gasteiger partial charge in [0.25, 0.3) is 0 Å². The molecule has 2 N–H and O–H groups in total. The lowest BCUT2D eigenvalue weighted by atomic mass is 9.83. The van der Waals surface area contributed by atoms with Gasteiger partial charge in [0.2, 0.25) is 0 Å². The number of rotatable bonds is 3. The van der Waals surface area contributed by atoms with E-state index in [-0.39, 0.29) is 18.0 Å². The van der Waals surface area contributed by atoms with E-state index in [1.165, 1.54) is 6.07 Å². The molecule has 1 fully saturated rings. The fourth-order valence-electron chi connectivity index (χ4n) is 2.61. The van der Waals surface area contributed by atoms with Crippen molar-refractivity contribution >= 4 is 0 Å². The van der Waals surface area contributed by atoms with Crippen LogP contribution in [0.1, 0.15) is 38.2 Å². The zero-order valence-corrected chi connectivity index (χ0v) is 11.2. The van der Waals surface area contributed by atoms with Crippen LogP contribution in [0.3, 0.4) is 0 Å². The Morgan fingerprint density at radius 2 is 2.17 bits per heavy atom. The maximum absolute atomic E-state index is 13.7. The van der Waals surface area contributed by atoms with Crippen LogP contribution in [-0.2, 0) is 0 Å². The van der Waals surface area contributed by atoms with Gasteiger partial charge in [-0.3, -0.25) is 0 Å². The van der Waals surface area contributed by atoms with E-state index in [1.807, 2.05) is 6.92 Å². The fourth-order valence-corrected chi connectivity index (χ4v) is 2.61. The molecule has 0 saturated heterocycles. The van der Waals surface area contributed by atoms with Crippen molar-refractivity contribution in [2.45, 2.75) is 51.7 Å². The number of hydrogen-bond acceptors (Lipinski definition) is 2. The third-order valence-corrected chi connectivity index (χ3v) is 3.89. The minimum Gasteiger partial charge on any atom is -0.486 e. The van der Waals surface area contributed by atoms with Crippen molar-refractivity contribution in [1.82, 2.24) is 0 Å². The Bertz CT molecular complexity index is 407. The van der Waals surface area contributed by atoms with E-state index < -0.39 is 0 Å². The van der Waals surface area contributed by atoms with Crippen molar-refractivity contribution in [3.63, 3.8) is 0 Å². The van der Waals surface area contributed by atoms with Gasteiger partial charge in [0.05, 0.1) is 0 Å². The lowest BCUT2D eigenvalue weighted by molar-refractivity contribution is 0.0970. The molecule has 1 aromatic rings. The summed E-state index contributed by atoms with van der Waals surface area (Å²) in [7, 11) is 0. The first-order valence-electron chi connectivity index (χ1n) is 6.78. The maximum Gasteiger partial charge on any atom is 0.165 e. The van der Waals surface area contributed by atoms with Gasteiger partial charge in [-0.2, -0.15) is 0 Å². The van der Waals surface area contributed by atoms with E-state index in [9.17, 15) is 4.39 Å². The molecular weight excluding hydrogens is 229 g/mol. The molecule has 1 aromatic carbocycles. The van der Waals surface area contributed by atoms with Crippen LogP contribution in [0.4, 0.5) is 4.39 Å². The largest absolute Gasteiger partial charge is 0.486 e. The van der Waals surface area contributed by atoms with Crippen LogP contribution >= 0.6 is 0 Å². The van der Waals surface area contributed by atoms with Crippen LogP contribution in [0.15, 0.2) is 18.2 Å². The van der Waals surface area contributed by atoms with Gasteiger partial charge in [-0.1, -0.05) is 19.4 Å². The molecule has 0 heterocycles. The summed E-state index contributed by atoms with van der Waals surface area (Å²) in [6.07, 6.45) is 4.15. The van der Waals surface area contributed by atoms with E-state index in [4.69, 9.17) is 10.5 Å². The van der Waals surface area contributed by atoms with Crippen LogP contribution in [0.25, 0.3) is 0 Å². The Kier molecular flexibility index (Phi) is 4.23. The summed E-state index contributed by atoms with van der Waals surface area (Å²) in [4.78, 5) is 0. The summed E-state index contributed by atoms with van der Waals surface area (Å²) in [6.45, 7) is 4.12. The lowest BCUT2D eigenvalue weighted by Gasteiger charge is -2.34. The molecule has 3 unspecified atom stereocenters. The third-order valence-electron chi connectivity index (χ3n) is 3.89. The predicted octanol–water partition coefficient (Wildman–Crippen LogP) is 3.42. The Hall–Kier alpha value is -1.09. The minimum atomic E-state index is -0.300. The molecule has 0 spiro atoms. The standard InChI is InChI=1S/C15H22FNO/c1-3-11-5-7-13(17)15(9-11)18-14-8-10(2)4-6-12(14)16/h4,6,8,11,13,15H,3,5,7,9,17H2,1-2H3. The molecule has 0 aliphatic heterocycles. The second-order valence-electron chi connectivity index (χ2n) is 5.34. The Labute approximate surface area is 108 Å². The first kappa shape index (κ1) is 13.3. The summed E-state index contributed by atoms with van der Waals surface area (Å²) < 4.78 is 19.5. The van der Waals surface area contributed by atoms with E-state index in [2.05, 4.69) is 6.92 Å². The van der Waals surface area contributed by atoms with Gasteiger partial charge in [0.1, 0.15) is 6.10 Å². The van der Waals surface area contributed by atoms with Crippen molar-refractivity contribution in [2.24, 2.45) is 11.7 Å². The zero-order chi connectivity index (χ0) is 13.1. The van der Waals surface area contributed by atoms with E-state index in [0.717, 1.165) is 31.2 Å². The van der Waals surface area contributed by atoms with Gasteiger partial charge in [-0.25, -0.2) is 4.39 Å². The van der Waals surface area contributed by atoms with Crippen LogP contribution in [0, 0.1) is 18.7 Å². The van der Waals surface area contributed by atoms with Crippen LogP contribution in [0.5, 0.6) is 5.75 Å². The molecule has 100 valence electrons. The van der Waals surface area contributed by atoms with Crippen molar-refractivity contribution in [3.8, 4) is 5.75 Å². The maximum atomic E-state index is 13.7. The van der Waals surface area contributed by atoms with Gasteiger partial charge >= 0.3 is 0 Å². The molecule has 1 aliphatic carbocycles. The highest BCUT2D eigenvalue weighted by molar-refractivity contribution is 5.29. The SMILES string of the molecule is CCC1CCC(N)C(Oc2cc(C)ccc2F)C1. The monoisotopic (exact) mass is 251 g/mol. The molecule has 0 radical (unpaired) electrons. The topological polar surface area (TPSA) is 35.2 Å².